The van der Waals surface area contributed by atoms with Gasteiger partial charge in [0.05, 0.1) is 26.4 Å². The van der Waals surface area contributed by atoms with E-state index in [1.165, 1.54) is 0 Å². The molecule has 0 aromatic heterocycles. The Labute approximate surface area is 385 Å². The van der Waals surface area contributed by atoms with Gasteiger partial charge in [0.2, 0.25) is 0 Å². The van der Waals surface area contributed by atoms with Crippen LogP contribution in [0.15, 0.2) is 182 Å². The lowest BCUT2D eigenvalue weighted by Crippen LogP contribution is -2.74. The summed E-state index contributed by atoms with van der Waals surface area (Å²) >= 11 is 0. The lowest BCUT2D eigenvalue weighted by Gasteiger charge is -2.53. The summed E-state index contributed by atoms with van der Waals surface area (Å²) in [6.07, 6.45) is -6.26. The Balaban J connectivity index is 1.27. The summed E-state index contributed by atoms with van der Waals surface area (Å²) in [6.45, 7) is 7.25. The predicted molar refractivity (Wildman–Crippen MR) is 252 cm³/mol. The Morgan fingerprint density at radius 3 is 0.938 bits per heavy atom. The molecule has 0 amide bonds. The highest BCUT2D eigenvalue weighted by Gasteiger charge is 2.59. The molecule has 0 bridgehead atoms. The predicted octanol–water partition coefficient (Wildman–Crippen LogP) is 8.54. The molecule has 0 aliphatic heterocycles. The first kappa shape index (κ1) is 48.1. The van der Waals surface area contributed by atoms with Crippen molar-refractivity contribution in [2.24, 2.45) is 0 Å². The maximum absolute atomic E-state index is 12.8. The molecule has 0 radical (unpaired) electrons. The first-order valence-corrected chi connectivity index (χ1v) is 24.1. The Kier molecular flexibility index (Phi) is 18.2. The van der Waals surface area contributed by atoms with Gasteiger partial charge in [0.25, 0.3) is 8.32 Å². The van der Waals surface area contributed by atoms with Gasteiger partial charge >= 0.3 is 0 Å². The maximum Gasteiger partial charge on any atom is 0.261 e. The summed E-state index contributed by atoms with van der Waals surface area (Å²) in [5.41, 5.74) is 3.94. The van der Waals surface area contributed by atoms with Crippen molar-refractivity contribution in [3.05, 3.63) is 204 Å². The highest BCUT2D eigenvalue weighted by atomic mass is 28.4. The molecule has 11 heteroatoms. The molecule has 7 rings (SSSR count). The van der Waals surface area contributed by atoms with E-state index < -0.39 is 50.0 Å². The first-order valence-electron chi connectivity index (χ1n) is 22.2. The fourth-order valence-corrected chi connectivity index (χ4v) is 13.1. The quantitative estimate of drug-likeness (QED) is 0.0362. The largest absolute Gasteiger partial charge is 0.399 e. The molecule has 1 saturated carbocycles. The Bertz CT molecular complexity index is 2160. The molecule has 6 atom stereocenters. The smallest absolute Gasteiger partial charge is 0.261 e. The molecular weight excluding hydrogens is 837 g/mol. The van der Waals surface area contributed by atoms with Gasteiger partial charge < -0.3 is 47.4 Å². The third kappa shape index (κ3) is 13.2. The van der Waals surface area contributed by atoms with E-state index in [9.17, 15) is 5.11 Å². The van der Waals surface area contributed by atoms with Crippen LogP contribution in [-0.4, -0.2) is 77.2 Å². The number of aliphatic hydroxyl groups is 1. The van der Waals surface area contributed by atoms with Crippen LogP contribution in [0.5, 0.6) is 0 Å². The molecule has 1 fully saturated rings. The molecule has 6 aromatic carbocycles. The van der Waals surface area contributed by atoms with E-state index in [0.717, 1.165) is 32.6 Å². The van der Waals surface area contributed by atoms with Crippen LogP contribution in [0.25, 0.3) is 0 Å². The average molecular weight is 899 g/mol. The van der Waals surface area contributed by atoms with E-state index in [1.54, 1.807) is 0 Å². The second-order valence-corrected chi connectivity index (χ2v) is 21.3. The van der Waals surface area contributed by atoms with E-state index in [4.69, 9.17) is 42.3 Å². The molecule has 0 unspecified atom stereocenters. The number of hydrogen-bond donors (Lipinski definition) is 1. The van der Waals surface area contributed by atoms with Crippen molar-refractivity contribution in [1.82, 2.24) is 0 Å². The van der Waals surface area contributed by atoms with E-state index in [0.29, 0.717) is 26.4 Å². The lowest BCUT2D eigenvalue weighted by molar-refractivity contribution is -0.303. The fraction of sp³-hybridized carbons (Fsp3) is 0.333. The Morgan fingerprint density at radius 2 is 0.631 bits per heavy atom. The summed E-state index contributed by atoms with van der Waals surface area (Å²) < 4.78 is 59.3. The van der Waals surface area contributed by atoms with Gasteiger partial charge in [-0.15, -0.1) is 0 Å². The number of benzene rings is 6. The van der Waals surface area contributed by atoms with Crippen molar-refractivity contribution < 1.29 is 47.4 Å². The van der Waals surface area contributed by atoms with Crippen LogP contribution < -0.4 is 10.4 Å². The highest BCUT2D eigenvalue weighted by Crippen LogP contribution is 2.41. The van der Waals surface area contributed by atoms with Crippen LogP contribution in [0.2, 0.25) is 5.04 Å². The molecule has 6 aromatic rings. The minimum atomic E-state index is -3.36. The summed E-state index contributed by atoms with van der Waals surface area (Å²) in [7, 11) is -3.36. The fourth-order valence-electron chi connectivity index (χ4n) is 8.37. The van der Waals surface area contributed by atoms with Crippen LogP contribution in [-0.2, 0) is 68.7 Å². The highest BCUT2D eigenvalue weighted by molar-refractivity contribution is 6.99. The second kappa shape index (κ2) is 24.6. The Hall–Kier alpha value is -4.86. The molecule has 1 aliphatic carbocycles. The van der Waals surface area contributed by atoms with E-state index in [1.807, 2.05) is 158 Å². The molecule has 1 aliphatic rings. The summed E-state index contributed by atoms with van der Waals surface area (Å²) in [4.78, 5) is 0. The van der Waals surface area contributed by atoms with Gasteiger partial charge in [0, 0.05) is 0 Å². The van der Waals surface area contributed by atoms with E-state index >= 15 is 0 Å². The van der Waals surface area contributed by atoms with Crippen LogP contribution in [0, 0.1) is 0 Å². The zero-order valence-electron chi connectivity index (χ0n) is 37.6. The van der Waals surface area contributed by atoms with E-state index in [-0.39, 0.29) is 27.2 Å². The van der Waals surface area contributed by atoms with Gasteiger partial charge in [-0.3, -0.25) is 0 Å². The zero-order chi connectivity index (χ0) is 45.2. The van der Waals surface area contributed by atoms with Gasteiger partial charge in [-0.25, -0.2) is 0 Å². The van der Waals surface area contributed by atoms with Gasteiger partial charge in [-0.2, -0.15) is 0 Å². The monoisotopic (exact) mass is 898 g/mol. The summed E-state index contributed by atoms with van der Waals surface area (Å²) in [5, 5.41) is 14.4. The summed E-state index contributed by atoms with van der Waals surface area (Å²) in [6, 6.07) is 60.2. The van der Waals surface area contributed by atoms with Crippen molar-refractivity contribution in [3.8, 4) is 0 Å². The molecular formula is C54H62O10Si. The zero-order valence-corrected chi connectivity index (χ0v) is 38.6. The lowest BCUT2D eigenvalue weighted by atomic mass is 9.84. The molecule has 342 valence electrons. The summed E-state index contributed by atoms with van der Waals surface area (Å²) in [5.74, 6) is 0. The number of rotatable bonds is 24. The minimum absolute atomic E-state index is 0.130. The van der Waals surface area contributed by atoms with Gasteiger partial charge in [0.1, 0.15) is 63.8 Å². The van der Waals surface area contributed by atoms with Gasteiger partial charge in [-0.05, 0) is 37.7 Å². The number of hydrogen-bond acceptors (Lipinski definition) is 10. The van der Waals surface area contributed by atoms with Crippen molar-refractivity contribution >= 4 is 18.7 Å². The molecule has 0 saturated heterocycles. The first-order chi connectivity index (χ1) is 31.8. The average Bonchev–Trinajstić information content (AvgIpc) is 3.34. The van der Waals surface area contributed by atoms with Crippen LogP contribution in [0.3, 0.4) is 0 Å². The standard InChI is InChI=1S/C54H62O10Si/c1-54(2,3)65(46-30-18-8-19-31-46,47-32-20-9-21-33-47)64-53-50(61-39-57-35-43-24-12-5-13-25-43)48(55)49(60-38-56-34-42-22-10-4-11-23-42)51(62-40-58-36-44-26-14-6-15-27-44)52(53)63-41-59-37-45-28-16-7-17-29-45/h4-33,48-53,55H,34-41H2,1-3H3/t48-,49-,50+,51+,52+,53-/m0/s1. The third-order valence-corrected chi connectivity index (χ3v) is 16.6. The van der Waals surface area contributed by atoms with Crippen molar-refractivity contribution in [2.45, 2.75) is 88.9 Å². The van der Waals surface area contributed by atoms with Crippen molar-refractivity contribution in [2.75, 3.05) is 27.2 Å². The van der Waals surface area contributed by atoms with Gasteiger partial charge in [-0.1, -0.05) is 203 Å². The molecule has 10 nitrogen and oxygen atoms in total. The van der Waals surface area contributed by atoms with Gasteiger partial charge in [0.15, 0.2) is 0 Å². The molecule has 65 heavy (non-hydrogen) atoms. The molecule has 0 spiro atoms. The van der Waals surface area contributed by atoms with Crippen LogP contribution in [0.4, 0.5) is 0 Å². The van der Waals surface area contributed by atoms with Crippen LogP contribution in [0.1, 0.15) is 43.0 Å². The minimum Gasteiger partial charge on any atom is -0.399 e. The molecule has 0 heterocycles. The Morgan fingerprint density at radius 1 is 0.369 bits per heavy atom. The molecule has 1 N–H and O–H groups in total. The number of ether oxygens (including phenoxy) is 8. The normalized spacial score (nSPS) is 20.1. The van der Waals surface area contributed by atoms with Crippen LogP contribution >= 0.6 is 0 Å². The SMILES string of the molecule is CC(C)(C)[Si](O[C@@H]1[C@H](OCOCc2ccccc2)[C@H](OCOCc2ccccc2)[C@@H](OCOCc2ccccc2)[C@H](O)[C@H]1OCOCc1ccccc1)(c1ccccc1)c1ccccc1. The van der Waals surface area contributed by atoms with Crippen molar-refractivity contribution in [1.29, 1.82) is 0 Å². The number of aliphatic hydroxyl groups excluding tert-OH is 1. The third-order valence-electron chi connectivity index (χ3n) is 11.5. The second-order valence-electron chi connectivity index (χ2n) is 17.1. The topological polar surface area (TPSA) is 103 Å². The van der Waals surface area contributed by atoms with Crippen molar-refractivity contribution in [3.63, 3.8) is 0 Å². The van der Waals surface area contributed by atoms with E-state index in [2.05, 4.69) is 45.0 Å². The maximum atomic E-state index is 12.8.